The molecule has 1 aromatic rings. The number of thiocarbonyl (C=S) groups is 1. The summed E-state index contributed by atoms with van der Waals surface area (Å²) in [6.45, 7) is 5.33. The van der Waals surface area contributed by atoms with Crippen molar-refractivity contribution < 1.29 is 24.2 Å². The molecule has 1 heterocycles. The van der Waals surface area contributed by atoms with Crippen LogP contribution in [0.1, 0.15) is 26.3 Å². The van der Waals surface area contributed by atoms with Crippen LogP contribution in [-0.2, 0) is 9.59 Å². The molecule has 0 atom stereocenters. The summed E-state index contributed by atoms with van der Waals surface area (Å²) >= 11 is 6.57. The van der Waals surface area contributed by atoms with E-state index in [1.807, 2.05) is 20.8 Å². The fraction of sp³-hybridized carbons (Fsp3) is 0.353. The molecule has 1 amide bonds. The van der Waals surface area contributed by atoms with Gasteiger partial charge in [0.05, 0.1) is 12.0 Å². The van der Waals surface area contributed by atoms with Crippen LogP contribution in [0.4, 0.5) is 0 Å². The van der Waals surface area contributed by atoms with Gasteiger partial charge in [0.2, 0.25) is 0 Å². The Hall–Kier alpha value is -2.06. The number of hydrogen-bond donors (Lipinski definition) is 1. The third kappa shape index (κ3) is 4.52. The molecule has 2 rings (SSSR count). The van der Waals surface area contributed by atoms with Crippen molar-refractivity contribution in [3.63, 3.8) is 0 Å². The molecule has 0 aliphatic carbocycles. The summed E-state index contributed by atoms with van der Waals surface area (Å²) in [5, 5.41) is 8.69. The lowest BCUT2D eigenvalue weighted by Crippen LogP contribution is -2.44. The Kier molecular flexibility index (Phi) is 5.74. The summed E-state index contributed by atoms with van der Waals surface area (Å²) in [7, 11) is 1.46. The fourth-order valence-corrected chi connectivity index (χ4v) is 3.87. The van der Waals surface area contributed by atoms with Crippen molar-refractivity contribution >= 4 is 46.3 Å². The molecule has 134 valence electrons. The number of amides is 1. The monoisotopic (exact) mass is 381 g/mol. The number of thioether (sulfide) groups is 1. The van der Waals surface area contributed by atoms with Gasteiger partial charge in [-0.1, -0.05) is 30.0 Å². The second-order valence-electron chi connectivity index (χ2n) is 6.28. The van der Waals surface area contributed by atoms with Gasteiger partial charge in [-0.2, -0.15) is 0 Å². The van der Waals surface area contributed by atoms with Gasteiger partial charge in [0.25, 0.3) is 5.91 Å². The van der Waals surface area contributed by atoms with Crippen LogP contribution in [0.2, 0.25) is 0 Å². The zero-order chi connectivity index (χ0) is 18.8. The number of carboxylic acid groups (broad SMARTS) is 1. The number of hydrogen-bond acceptors (Lipinski definition) is 6. The summed E-state index contributed by atoms with van der Waals surface area (Å²) in [5.41, 5.74) is 0.345. The third-order valence-corrected chi connectivity index (χ3v) is 4.60. The van der Waals surface area contributed by atoms with E-state index < -0.39 is 12.6 Å². The highest BCUT2D eigenvalue weighted by molar-refractivity contribution is 8.26. The summed E-state index contributed by atoms with van der Waals surface area (Å²) in [5.74, 6) is -0.491. The molecule has 1 fully saturated rings. The van der Waals surface area contributed by atoms with Gasteiger partial charge in [-0.3, -0.25) is 9.69 Å². The Bertz CT molecular complexity index is 752. The normalized spacial score (nSPS) is 16.5. The Morgan fingerprint density at radius 1 is 1.36 bits per heavy atom. The maximum atomic E-state index is 12.6. The molecule has 0 spiro atoms. The molecule has 1 aliphatic rings. The van der Waals surface area contributed by atoms with E-state index in [4.69, 9.17) is 26.8 Å². The minimum Gasteiger partial charge on any atom is -0.493 e. The number of carbonyl (C=O) groups is 2. The smallest absolute Gasteiger partial charge is 0.341 e. The van der Waals surface area contributed by atoms with E-state index in [1.54, 1.807) is 29.2 Å². The van der Waals surface area contributed by atoms with Crippen molar-refractivity contribution in [2.45, 2.75) is 26.3 Å². The Morgan fingerprint density at radius 2 is 2.04 bits per heavy atom. The third-order valence-electron chi connectivity index (χ3n) is 3.30. The summed E-state index contributed by atoms with van der Waals surface area (Å²) < 4.78 is 10.9. The second-order valence-corrected chi connectivity index (χ2v) is 7.96. The molecule has 6 nitrogen and oxygen atoms in total. The quantitative estimate of drug-likeness (QED) is 0.620. The molecule has 1 aliphatic heterocycles. The molecule has 0 saturated carbocycles. The van der Waals surface area contributed by atoms with E-state index in [0.717, 1.165) is 5.56 Å². The van der Waals surface area contributed by atoms with Crippen molar-refractivity contribution in [1.82, 2.24) is 4.90 Å². The Balaban J connectivity index is 2.28. The zero-order valence-electron chi connectivity index (χ0n) is 14.4. The van der Waals surface area contributed by atoms with Gasteiger partial charge < -0.3 is 14.6 Å². The van der Waals surface area contributed by atoms with Crippen LogP contribution < -0.4 is 9.47 Å². The van der Waals surface area contributed by atoms with Gasteiger partial charge in [-0.15, -0.1) is 0 Å². The average molecular weight is 381 g/mol. The van der Waals surface area contributed by atoms with Crippen LogP contribution in [0.15, 0.2) is 23.1 Å². The van der Waals surface area contributed by atoms with Gasteiger partial charge >= 0.3 is 5.97 Å². The molecule has 1 aromatic carbocycles. The molecule has 0 bridgehead atoms. The number of methoxy groups -OCH3 is 1. The standard InChI is InChI=1S/C17H19NO5S2/c1-17(2,3)18-15(21)13(25-16(18)24)8-10-5-6-11(12(7-10)22-4)23-9-14(19)20/h5-8H,9H2,1-4H3,(H,19,20)/b13-8-. The van der Waals surface area contributed by atoms with E-state index in [2.05, 4.69) is 0 Å². The maximum Gasteiger partial charge on any atom is 0.341 e. The molecule has 1 saturated heterocycles. The van der Waals surface area contributed by atoms with Gasteiger partial charge in [0, 0.05) is 5.54 Å². The maximum absolute atomic E-state index is 12.6. The number of carboxylic acids is 1. The first kappa shape index (κ1) is 19.3. The lowest BCUT2D eigenvalue weighted by Gasteiger charge is -2.30. The molecule has 25 heavy (non-hydrogen) atoms. The second kappa shape index (κ2) is 7.45. The van der Waals surface area contributed by atoms with Gasteiger partial charge in [-0.05, 0) is 44.5 Å². The SMILES string of the molecule is COc1cc(/C=C2\SC(=S)N(C(C)(C)C)C2=O)ccc1OCC(=O)O. The topological polar surface area (TPSA) is 76.1 Å². The van der Waals surface area contributed by atoms with Crippen molar-refractivity contribution in [3.05, 3.63) is 28.7 Å². The van der Waals surface area contributed by atoms with Crippen LogP contribution in [-0.4, -0.2) is 45.5 Å². The fourth-order valence-electron chi connectivity index (χ4n) is 2.23. The van der Waals surface area contributed by atoms with Crippen molar-refractivity contribution in [2.75, 3.05) is 13.7 Å². The predicted octanol–water partition coefficient (Wildman–Crippen LogP) is 3.16. The van der Waals surface area contributed by atoms with Gasteiger partial charge in [-0.25, -0.2) is 4.79 Å². The predicted molar refractivity (Wildman–Crippen MR) is 101 cm³/mol. The molecule has 1 N–H and O–H groups in total. The number of rotatable bonds is 5. The van der Waals surface area contributed by atoms with Crippen LogP contribution >= 0.6 is 24.0 Å². The highest BCUT2D eigenvalue weighted by atomic mass is 32.2. The van der Waals surface area contributed by atoms with Crippen molar-refractivity contribution in [3.8, 4) is 11.5 Å². The largest absolute Gasteiger partial charge is 0.493 e. The van der Waals surface area contributed by atoms with Crippen molar-refractivity contribution in [2.24, 2.45) is 0 Å². The van der Waals surface area contributed by atoms with E-state index in [-0.39, 0.29) is 11.4 Å². The molecule has 8 heteroatoms. The lowest BCUT2D eigenvalue weighted by atomic mass is 10.1. The number of aliphatic carboxylic acids is 1. The molecule has 0 aromatic heterocycles. The number of nitrogens with zero attached hydrogens (tertiary/aromatic N) is 1. The van der Waals surface area contributed by atoms with E-state index in [1.165, 1.54) is 18.9 Å². The van der Waals surface area contributed by atoms with Crippen LogP contribution in [0.3, 0.4) is 0 Å². The average Bonchev–Trinajstić information content (AvgIpc) is 2.79. The highest BCUT2D eigenvalue weighted by Crippen LogP contribution is 2.37. The number of ether oxygens (including phenoxy) is 2. The van der Waals surface area contributed by atoms with Gasteiger partial charge in [0.15, 0.2) is 18.1 Å². The minimum absolute atomic E-state index is 0.132. The van der Waals surface area contributed by atoms with Crippen LogP contribution in [0.5, 0.6) is 11.5 Å². The van der Waals surface area contributed by atoms with Crippen molar-refractivity contribution in [1.29, 1.82) is 0 Å². The lowest BCUT2D eigenvalue weighted by molar-refractivity contribution is -0.139. The first-order chi connectivity index (χ1) is 11.6. The number of carbonyl (C=O) groups excluding carboxylic acids is 1. The van der Waals surface area contributed by atoms with Crippen LogP contribution in [0.25, 0.3) is 6.08 Å². The van der Waals surface area contributed by atoms with Gasteiger partial charge in [0.1, 0.15) is 4.32 Å². The first-order valence-electron chi connectivity index (χ1n) is 7.44. The Morgan fingerprint density at radius 3 is 2.56 bits per heavy atom. The first-order valence-corrected chi connectivity index (χ1v) is 8.66. The number of benzene rings is 1. The summed E-state index contributed by atoms with van der Waals surface area (Å²) in [6, 6.07) is 5.02. The van der Waals surface area contributed by atoms with Crippen LogP contribution in [0, 0.1) is 0 Å². The molecule has 0 radical (unpaired) electrons. The molecular weight excluding hydrogens is 362 g/mol. The van der Waals surface area contributed by atoms with E-state index in [9.17, 15) is 9.59 Å². The van der Waals surface area contributed by atoms with E-state index >= 15 is 0 Å². The molecule has 0 unspecified atom stereocenters. The molecular formula is C17H19NO5S2. The van der Waals surface area contributed by atoms with E-state index in [0.29, 0.717) is 20.7 Å². The summed E-state index contributed by atoms with van der Waals surface area (Å²) in [6.07, 6.45) is 1.73. The highest BCUT2D eigenvalue weighted by Gasteiger charge is 2.39. The summed E-state index contributed by atoms with van der Waals surface area (Å²) in [4.78, 5) is 25.3. The Labute approximate surface area is 155 Å². The zero-order valence-corrected chi connectivity index (χ0v) is 16.0. The minimum atomic E-state index is -1.07.